The summed E-state index contributed by atoms with van der Waals surface area (Å²) in [6, 6.07) is 5.08. The molecule has 0 bridgehead atoms. The van der Waals surface area contributed by atoms with Crippen molar-refractivity contribution in [3.8, 4) is 11.5 Å². The zero-order valence-corrected chi connectivity index (χ0v) is 18.0. The van der Waals surface area contributed by atoms with E-state index in [0.717, 1.165) is 5.56 Å². The Kier molecular flexibility index (Phi) is 8.21. The van der Waals surface area contributed by atoms with Crippen LogP contribution in [-0.2, 0) is 9.53 Å². The number of rotatable bonds is 9. The van der Waals surface area contributed by atoms with Crippen LogP contribution in [0.25, 0.3) is 6.08 Å². The summed E-state index contributed by atoms with van der Waals surface area (Å²) >= 11 is 1.32. The van der Waals surface area contributed by atoms with E-state index in [1.54, 1.807) is 44.7 Å². The largest absolute Gasteiger partial charge is 0.493 e. The lowest BCUT2D eigenvalue weighted by Gasteiger charge is -2.19. The number of amides is 1. The molecule has 7 nitrogen and oxygen atoms in total. The van der Waals surface area contributed by atoms with E-state index >= 15 is 0 Å². The second kappa shape index (κ2) is 10.6. The molecule has 0 saturated heterocycles. The Morgan fingerprint density at radius 1 is 1.21 bits per heavy atom. The summed E-state index contributed by atoms with van der Waals surface area (Å²) in [4.78, 5) is 28.6. The molecule has 0 unspecified atom stereocenters. The van der Waals surface area contributed by atoms with Gasteiger partial charge in [-0.3, -0.25) is 4.79 Å². The molecular weight excluding hydrogens is 392 g/mol. The van der Waals surface area contributed by atoms with Gasteiger partial charge < -0.3 is 19.5 Å². The van der Waals surface area contributed by atoms with Crippen molar-refractivity contribution >= 4 is 29.3 Å². The lowest BCUT2D eigenvalue weighted by molar-refractivity contribution is -0.117. The van der Waals surface area contributed by atoms with Crippen molar-refractivity contribution in [2.24, 2.45) is 5.92 Å². The summed E-state index contributed by atoms with van der Waals surface area (Å²) in [5.41, 5.74) is 1.06. The Morgan fingerprint density at radius 3 is 2.55 bits per heavy atom. The number of carbonyl (C=O) groups excluding carboxylic acids is 2. The highest BCUT2D eigenvalue weighted by Gasteiger charge is 2.22. The first kappa shape index (κ1) is 22.4. The number of benzene rings is 1. The van der Waals surface area contributed by atoms with Gasteiger partial charge in [-0.05, 0) is 36.6 Å². The van der Waals surface area contributed by atoms with Gasteiger partial charge >= 0.3 is 5.97 Å². The molecule has 0 fully saturated rings. The summed E-state index contributed by atoms with van der Waals surface area (Å²) in [5.74, 6) is 0.581. The molecule has 0 aliphatic heterocycles. The number of ether oxygens (including phenoxy) is 3. The van der Waals surface area contributed by atoms with Crippen LogP contribution in [0.2, 0.25) is 0 Å². The smallest absolute Gasteiger partial charge is 0.357 e. The van der Waals surface area contributed by atoms with Gasteiger partial charge in [0.15, 0.2) is 17.2 Å². The van der Waals surface area contributed by atoms with Crippen molar-refractivity contribution in [3.05, 3.63) is 45.9 Å². The zero-order valence-electron chi connectivity index (χ0n) is 17.2. The summed E-state index contributed by atoms with van der Waals surface area (Å²) in [5, 5.41) is 5.26. The predicted molar refractivity (Wildman–Crippen MR) is 112 cm³/mol. The number of hydrogen-bond acceptors (Lipinski definition) is 7. The van der Waals surface area contributed by atoms with Crippen molar-refractivity contribution in [2.75, 3.05) is 20.8 Å². The van der Waals surface area contributed by atoms with Gasteiger partial charge in [-0.25, -0.2) is 9.78 Å². The van der Waals surface area contributed by atoms with Gasteiger partial charge in [-0.1, -0.05) is 19.9 Å². The van der Waals surface area contributed by atoms with Gasteiger partial charge in [-0.2, -0.15) is 0 Å². The van der Waals surface area contributed by atoms with Crippen LogP contribution < -0.4 is 14.8 Å². The normalized spacial score (nSPS) is 12.1. The van der Waals surface area contributed by atoms with E-state index in [0.29, 0.717) is 16.5 Å². The van der Waals surface area contributed by atoms with Gasteiger partial charge in [-0.15, -0.1) is 11.3 Å². The molecule has 29 heavy (non-hydrogen) atoms. The third kappa shape index (κ3) is 6.05. The standard InChI is InChI=1S/C21H26N2O5S/c1-6-28-21(25)15-12-29-20(22-15)19(13(2)3)23-18(24)10-8-14-7-9-16(26-4)17(11-14)27-5/h7-13,19H,6H2,1-5H3,(H,23,24)/b10-8+/t19-/m0/s1. The monoisotopic (exact) mass is 418 g/mol. The Hall–Kier alpha value is -2.87. The minimum Gasteiger partial charge on any atom is -0.493 e. The van der Waals surface area contributed by atoms with Gasteiger partial charge in [0.1, 0.15) is 5.01 Å². The number of nitrogens with zero attached hydrogens (tertiary/aromatic N) is 1. The molecule has 1 heterocycles. The van der Waals surface area contributed by atoms with E-state index in [2.05, 4.69) is 10.3 Å². The van der Waals surface area contributed by atoms with Crippen LogP contribution in [0, 0.1) is 5.92 Å². The highest BCUT2D eigenvalue weighted by atomic mass is 32.1. The predicted octanol–water partition coefficient (Wildman–Crippen LogP) is 3.86. The highest BCUT2D eigenvalue weighted by Crippen LogP contribution is 2.28. The fraction of sp³-hybridized carbons (Fsp3) is 0.381. The second-order valence-corrected chi connectivity index (χ2v) is 7.36. The number of methoxy groups -OCH3 is 2. The number of esters is 1. The van der Waals surface area contributed by atoms with Crippen LogP contribution >= 0.6 is 11.3 Å². The summed E-state index contributed by atoms with van der Waals surface area (Å²) in [6.45, 7) is 5.99. The maximum Gasteiger partial charge on any atom is 0.357 e. The molecule has 1 atom stereocenters. The number of thiazole rings is 1. The summed E-state index contributed by atoms with van der Waals surface area (Å²) in [7, 11) is 3.13. The van der Waals surface area contributed by atoms with Crippen molar-refractivity contribution in [1.29, 1.82) is 0 Å². The number of hydrogen-bond donors (Lipinski definition) is 1. The van der Waals surface area contributed by atoms with Crippen molar-refractivity contribution in [1.82, 2.24) is 10.3 Å². The van der Waals surface area contributed by atoms with Crippen molar-refractivity contribution in [3.63, 3.8) is 0 Å². The van der Waals surface area contributed by atoms with Crippen LogP contribution in [0.1, 0.15) is 47.9 Å². The molecule has 156 valence electrons. The first-order valence-electron chi connectivity index (χ1n) is 9.22. The van der Waals surface area contributed by atoms with Crippen molar-refractivity contribution < 1.29 is 23.8 Å². The Morgan fingerprint density at radius 2 is 1.93 bits per heavy atom. The average Bonchev–Trinajstić information content (AvgIpc) is 3.20. The maximum atomic E-state index is 12.5. The number of aromatic nitrogens is 1. The van der Waals surface area contributed by atoms with E-state index in [-0.39, 0.29) is 30.2 Å². The second-order valence-electron chi connectivity index (χ2n) is 6.47. The molecule has 0 saturated carbocycles. The molecule has 1 N–H and O–H groups in total. The Balaban J connectivity index is 2.10. The quantitative estimate of drug-likeness (QED) is 0.491. The molecule has 1 aromatic carbocycles. The van der Waals surface area contributed by atoms with Gasteiger partial charge in [0.2, 0.25) is 5.91 Å². The average molecular weight is 419 g/mol. The third-order valence-corrected chi connectivity index (χ3v) is 5.00. The molecular formula is C21H26N2O5S. The molecule has 0 aliphatic rings. The third-order valence-electron chi connectivity index (χ3n) is 4.07. The van der Waals surface area contributed by atoms with Gasteiger partial charge in [0.05, 0.1) is 26.9 Å². The van der Waals surface area contributed by atoms with Crippen LogP contribution in [-0.4, -0.2) is 37.7 Å². The highest BCUT2D eigenvalue weighted by molar-refractivity contribution is 7.09. The Bertz CT molecular complexity index is 876. The topological polar surface area (TPSA) is 86.8 Å². The summed E-state index contributed by atoms with van der Waals surface area (Å²) < 4.78 is 15.5. The number of carbonyl (C=O) groups is 2. The fourth-order valence-electron chi connectivity index (χ4n) is 2.57. The van der Waals surface area contributed by atoms with E-state index in [9.17, 15) is 9.59 Å². The number of nitrogens with one attached hydrogen (secondary N) is 1. The van der Waals surface area contributed by atoms with E-state index in [4.69, 9.17) is 14.2 Å². The van der Waals surface area contributed by atoms with E-state index < -0.39 is 5.97 Å². The maximum absolute atomic E-state index is 12.5. The van der Waals surface area contributed by atoms with Gasteiger partial charge in [0.25, 0.3) is 0 Å². The lowest BCUT2D eigenvalue weighted by atomic mass is 10.1. The van der Waals surface area contributed by atoms with Crippen LogP contribution in [0.5, 0.6) is 11.5 Å². The molecule has 0 radical (unpaired) electrons. The van der Waals surface area contributed by atoms with Crippen LogP contribution in [0.4, 0.5) is 0 Å². The first-order valence-corrected chi connectivity index (χ1v) is 10.1. The Labute approximate surface area is 174 Å². The fourth-order valence-corrected chi connectivity index (χ4v) is 3.58. The van der Waals surface area contributed by atoms with E-state index in [1.807, 2.05) is 19.9 Å². The van der Waals surface area contributed by atoms with E-state index in [1.165, 1.54) is 17.4 Å². The minimum atomic E-state index is -0.461. The van der Waals surface area contributed by atoms with Crippen molar-refractivity contribution in [2.45, 2.75) is 26.8 Å². The molecule has 8 heteroatoms. The summed E-state index contributed by atoms with van der Waals surface area (Å²) in [6.07, 6.45) is 3.15. The first-order chi connectivity index (χ1) is 13.9. The SMILES string of the molecule is CCOC(=O)c1csc([C@@H](NC(=O)/C=C/c2ccc(OC)c(OC)c2)C(C)C)n1. The minimum absolute atomic E-state index is 0.0922. The van der Waals surface area contributed by atoms with Crippen LogP contribution in [0.15, 0.2) is 29.7 Å². The molecule has 0 spiro atoms. The van der Waals surface area contributed by atoms with Crippen LogP contribution in [0.3, 0.4) is 0 Å². The molecule has 2 aromatic rings. The lowest BCUT2D eigenvalue weighted by Crippen LogP contribution is -2.30. The molecule has 2 rings (SSSR count). The zero-order chi connectivity index (χ0) is 21.4. The molecule has 1 aromatic heterocycles. The van der Waals surface area contributed by atoms with Gasteiger partial charge in [0, 0.05) is 11.5 Å². The molecule has 1 amide bonds. The molecule has 0 aliphatic carbocycles.